The van der Waals surface area contributed by atoms with Crippen LogP contribution in [0.4, 0.5) is 10.1 Å². The van der Waals surface area contributed by atoms with E-state index in [-0.39, 0.29) is 36.9 Å². The summed E-state index contributed by atoms with van der Waals surface area (Å²) in [5.74, 6) is -1.05. The van der Waals surface area contributed by atoms with E-state index in [2.05, 4.69) is 17.0 Å². The highest BCUT2D eigenvalue weighted by Gasteiger charge is 2.42. The van der Waals surface area contributed by atoms with Crippen molar-refractivity contribution < 1.29 is 18.7 Å². The summed E-state index contributed by atoms with van der Waals surface area (Å²) in [6, 6.07) is 15.9. The van der Waals surface area contributed by atoms with Gasteiger partial charge in [-0.2, -0.15) is 0 Å². The van der Waals surface area contributed by atoms with Crippen LogP contribution in [0.2, 0.25) is 0 Å². The Hall–Kier alpha value is -3.19. The number of nitrogens with zero attached hydrogens (tertiary/aromatic N) is 3. The Kier molecular flexibility index (Phi) is 6.55. The maximum absolute atomic E-state index is 13.5. The van der Waals surface area contributed by atoms with E-state index in [0.717, 1.165) is 18.8 Å². The summed E-state index contributed by atoms with van der Waals surface area (Å²) in [6.07, 6.45) is 0.0119. The molecule has 6 nitrogen and oxygen atoms in total. The van der Waals surface area contributed by atoms with Crippen molar-refractivity contribution in [2.75, 3.05) is 44.2 Å². The summed E-state index contributed by atoms with van der Waals surface area (Å²) in [6.45, 7) is 6.99. The van der Waals surface area contributed by atoms with Crippen LogP contribution in [0.5, 0.6) is 0 Å². The van der Waals surface area contributed by atoms with Crippen molar-refractivity contribution in [2.24, 2.45) is 0 Å². The molecule has 1 saturated heterocycles. The highest BCUT2D eigenvalue weighted by molar-refractivity contribution is 6.35. The highest BCUT2D eigenvalue weighted by Crippen LogP contribution is 2.32. The lowest BCUT2D eigenvalue weighted by molar-refractivity contribution is -0.138. The SMILES string of the molecule is CC(C)OCCN1C(=O)C(c2ccc(F)cc2)=C(N2CCN(c3ccccc3)CC2)C1=O. The Balaban J connectivity index is 1.59. The van der Waals surface area contributed by atoms with E-state index < -0.39 is 0 Å². The molecule has 0 aliphatic carbocycles. The third-order valence-electron chi connectivity index (χ3n) is 5.76. The quantitative estimate of drug-likeness (QED) is 0.623. The van der Waals surface area contributed by atoms with Gasteiger partial charge in [-0.25, -0.2) is 4.39 Å². The summed E-state index contributed by atoms with van der Waals surface area (Å²) in [7, 11) is 0. The number of anilines is 1. The van der Waals surface area contributed by atoms with Crippen LogP contribution >= 0.6 is 0 Å². The fraction of sp³-hybridized carbons (Fsp3) is 0.360. The zero-order valence-electron chi connectivity index (χ0n) is 18.5. The molecule has 0 atom stereocenters. The van der Waals surface area contributed by atoms with Gasteiger partial charge in [-0.05, 0) is 43.7 Å². The fourth-order valence-electron chi connectivity index (χ4n) is 4.14. The topological polar surface area (TPSA) is 53.1 Å². The number of hydrogen-bond donors (Lipinski definition) is 0. The molecule has 2 aliphatic rings. The van der Waals surface area contributed by atoms with Crippen LogP contribution in [0.25, 0.3) is 5.57 Å². The number of benzene rings is 2. The molecule has 32 heavy (non-hydrogen) atoms. The number of rotatable bonds is 7. The number of amides is 2. The van der Waals surface area contributed by atoms with E-state index in [1.165, 1.54) is 17.0 Å². The summed E-state index contributed by atoms with van der Waals surface area (Å²) in [4.78, 5) is 32.1. The number of carbonyl (C=O) groups excluding carboxylic acids is 2. The Morgan fingerprint density at radius 2 is 1.50 bits per heavy atom. The molecule has 0 saturated carbocycles. The average Bonchev–Trinajstić information content (AvgIpc) is 3.05. The van der Waals surface area contributed by atoms with Crippen LogP contribution in [0, 0.1) is 5.82 Å². The molecule has 2 heterocycles. The van der Waals surface area contributed by atoms with Crippen molar-refractivity contribution in [1.29, 1.82) is 0 Å². The predicted octanol–water partition coefficient (Wildman–Crippen LogP) is 3.15. The summed E-state index contributed by atoms with van der Waals surface area (Å²) in [5.41, 5.74) is 2.44. The number of hydrogen-bond acceptors (Lipinski definition) is 5. The molecule has 1 fully saturated rings. The molecule has 0 radical (unpaired) electrons. The number of imide groups is 1. The zero-order chi connectivity index (χ0) is 22.7. The lowest BCUT2D eigenvalue weighted by atomic mass is 10.0. The van der Waals surface area contributed by atoms with Gasteiger partial charge in [0.1, 0.15) is 11.5 Å². The molecule has 2 aromatic carbocycles. The van der Waals surface area contributed by atoms with E-state index in [4.69, 9.17) is 4.74 Å². The van der Waals surface area contributed by atoms with Gasteiger partial charge in [-0.15, -0.1) is 0 Å². The summed E-state index contributed by atoms with van der Waals surface area (Å²) in [5, 5.41) is 0. The smallest absolute Gasteiger partial charge is 0.277 e. The first-order valence-corrected chi connectivity index (χ1v) is 11.0. The third kappa shape index (κ3) is 4.53. The van der Waals surface area contributed by atoms with Gasteiger partial charge in [0, 0.05) is 31.9 Å². The van der Waals surface area contributed by atoms with Crippen LogP contribution < -0.4 is 4.90 Å². The predicted molar refractivity (Wildman–Crippen MR) is 121 cm³/mol. The summed E-state index contributed by atoms with van der Waals surface area (Å²) < 4.78 is 19.1. The molecule has 4 rings (SSSR count). The summed E-state index contributed by atoms with van der Waals surface area (Å²) >= 11 is 0. The lowest BCUT2D eigenvalue weighted by Gasteiger charge is -2.37. The van der Waals surface area contributed by atoms with Gasteiger partial charge in [-0.1, -0.05) is 30.3 Å². The molecule has 0 unspecified atom stereocenters. The van der Waals surface area contributed by atoms with Gasteiger partial charge in [0.2, 0.25) is 0 Å². The number of halogens is 1. The van der Waals surface area contributed by atoms with Gasteiger partial charge >= 0.3 is 0 Å². The second-order valence-corrected chi connectivity index (χ2v) is 8.22. The number of para-hydroxylation sites is 1. The van der Waals surface area contributed by atoms with Crippen LogP contribution in [0.1, 0.15) is 19.4 Å². The molecule has 2 aliphatic heterocycles. The molecule has 2 amide bonds. The van der Waals surface area contributed by atoms with Crippen molar-refractivity contribution in [3.05, 3.63) is 71.7 Å². The van der Waals surface area contributed by atoms with Crippen LogP contribution in [-0.2, 0) is 14.3 Å². The maximum Gasteiger partial charge on any atom is 0.277 e. The van der Waals surface area contributed by atoms with Crippen molar-refractivity contribution in [1.82, 2.24) is 9.80 Å². The van der Waals surface area contributed by atoms with Crippen LogP contribution in [0.3, 0.4) is 0 Å². The Bertz CT molecular complexity index is 997. The minimum Gasteiger partial charge on any atom is -0.377 e. The van der Waals surface area contributed by atoms with Gasteiger partial charge < -0.3 is 14.5 Å². The number of ether oxygens (including phenoxy) is 1. The second-order valence-electron chi connectivity index (χ2n) is 8.22. The van der Waals surface area contributed by atoms with E-state index in [0.29, 0.717) is 29.9 Å². The second kappa shape index (κ2) is 9.53. The monoisotopic (exact) mass is 437 g/mol. The van der Waals surface area contributed by atoms with E-state index >= 15 is 0 Å². The van der Waals surface area contributed by atoms with Crippen molar-refractivity contribution >= 4 is 23.1 Å². The van der Waals surface area contributed by atoms with E-state index in [1.54, 1.807) is 12.1 Å². The Morgan fingerprint density at radius 3 is 2.12 bits per heavy atom. The fourth-order valence-corrected chi connectivity index (χ4v) is 4.14. The molecule has 0 N–H and O–H groups in total. The van der Waals surface area contributed by atoms with Gasteiger partial charge in [-0.3, -0.25) is 14.5 Å². The van der Waals surface area contributed by atoms with E-state index in [9.17, 15) is 14.0 Å². The lowest BCUT2D eigenvalue weighted by Crippen LogP contribution is -2.47. The van der Waals surface area contributed by atoms with E-state index in [1.807, 2.05) is 36.9 Å². The maximum atomic E-state index is 13.5. The average molecular weight is 438 g/mol. The minimum absolute atomic E-state index is 0.0119. The zero-order valence-corrected chi connectivity index (χ0v) is 18.5. The Labute approximate surface area is 187 Å². The number of piperazine rings is 1. The van der Waals surface area contributed by atoms with Gasteiger partial charge in [0.25, 0.3) is 11.8 Å². The first-order chi connectivity index (χ1) is 15.5. The molecule has 0 spiro atoms. The molecular formula is C25H28FN3O3. The highest BCUT2D eigenvalue weighted by atomic mass is 19.1. The van der Waals surface area contributed by atoms with Gasteiger partial charge in [0.05, 0.1) is 24.8 Å². The standard InChI is InChI=1S/C25H28FN3O3/c1-18(2)32-17-16-29-24(30)22(19-8-10-20(26)11-9-19)23(25(29)31)28-14-12-27(13-15-28)21-6-4-3-5-7-21/h3-11,18H,12-17H2,1-2H3. The normalized spacial score (nSPS) is 17.2. The van der Waals surface area contributed by atoms with Crippen molar-refractivity contribution in [3.8, 4) is 0 Å². The first-order valence-electron chi connectivity index (χ1n) is 11.0. The first kappa shape index (κ1) is 22.0. The van der Waals surface area contributed by atoms with Crippen molar-refractivity contribution in [2.45, 2.75) is 20.0 Å². The molecular weight excluding hydrogens is 409 g/mol. The van der Waals surface area contributed by atoms with Crippen LogP contribution in [-0.4, -0.2) is 67.0 Å². The molecule has 0 bridgehead atoms. The molecule has 0 aromatic heterocycles. The minimum atomic E-state index is -0.383. The van der Waals surface area contributed by atoms with Gasteiger partial charge in [0.15, 0.2) is 0 Å². The Morgan fingerprint density at radius 1 is 0.875 bits per heavy atom. The third-order valence-corrected chi connectivity index (χ3v) is 5.76. The molecule has 168 valence electrons. The number of carbonyl (C=O) groups is 2. The largest absolute Gasteiger partial charge is 0.377 e. The van der Waals surface area contributed by atoms with Crippen molar-refractivity contribution in [3.63, 3.8) is 0 Å². The van der Waals surface area contributed by atoms with Crippen LogP contribution in [0.15, 0.2) is 60.3 Å². The molecule has 2 aromatic rings. The molecule has 7 heteroatoms.